The molecule has 0 aliphatic heterocycles. The van der Waals surface area contributed by atoms with Crippen LogP contribution in [0.2, 0.25) is 0 Å². The van der Waals surface area contributed by atoms with Crippen molar-refractivity contribution in [3.63, 3.8) is 0 Å². The summed E-state index contributed by atoms with van der Waals surface area (Å²) < 4.78 is 19.3. The van der Waals surface area contributed by atoms with Crippen LogP contribution >= 0.6 is 0 Å². The summed E-state index contributed by atoms with van der Waals surface area (Å²) in [6.07, 6.45) is 1.02. The summed E-state index contributed by atoms with van der Waals surface area (Å²) in [7, 11) is 1.70. The van der Waals surface area contributed by atoms with Crippen molar-refractivity contribution in [2.24, 2.45) is 0 Å². The lowest BCUT2D eigenvalue weighted by molar-refractivity contribution is -0.0735. The van der Waals surface area contributed by atoms with E-state index in [1.54, 1.807) is 49.5 Å². The number of nitrogen functional groups attached to an aromatic ring is 2. The predicted octanol–water partition coefficient (Wildman–Crippen LogP) is 2.63. The van der Waals surface area contributed by atoms with Gasteiger partial charge in [0.05, 0.1) is 18.0 Å². The van der Waals surface area contributed by atoms with Crippen LogP contribution in [0.4, 0.5) is 27.2 Å². The number of anilines is 4. The molecule has 6 N–H and O–H groups in total. The van der Waals surface area contributed by atoms with E-state index in [0.717, 1.165) is 11.8 Å². The molecule has 1 atom stereocenters. The summed E-state index contributed by atoms with van der Waals surface area (Å²) in [4.78, 5) is 0. The number of ether oxygens (including phenoxy) is 1. The Hall–Kier alpha value is -2.77. The van der Waals surface area contributed by atoms with Crippen LogP contribution in [0.3, 0.4) is 0 Å². The fourth-order valence-electron chi connectivity index (χ4n) is 2.17. The third-order valence-electron chi connectivity index (χ3n) is 3.24. The largest absolute Gasteiger partial charge is 0.399 e. The highest BCUT2D eigenvalue weighted by Gasteiger charge is 2.08. The Bertz CT molecular complexity index is 688. The second kappa shape index (κ2) is 8.19. The molecule has 0 heterocycles. The topological polar surface area (TPSA) is 96.8 Å². The fourth-order valence-corrected chi connectivity index (χ4v) is 2.17. The molecule has 0 aromatic heterocycles. The average Bonchev–Trinajstić information content (AvgIpc) is 2.57. The quantitative estimate of drug-likeness (QED) is 0.354. The van der Waals surface area contributed by atoms with Crippen LogP contribution in [0.5, 0.6) is 0 Å². The summed E-state index contributed by atoms with van der Waals surface area (Å²) in [5.41, 5.74) is 14.1. The Kier molecular flexibility index (Phi) is 6.00. The van der Waals surface area contributed by atoms with Gasteiger partial charge in [0.25, 0.3) is 0 Å². The van der Waals surface area contributed by atoms with E-state index in [1.165, 1.54) is 6.08 Å². The van der Waals surface area contributed by atoms with Gasteiger partial charge in [0, 0.05) is 24.6 Å². The van der Waals surface area contributed by atoms with Gasteiger partial charge in [-0.1, -0.05) is 16.6 Å². The highest BCUT2D eigenvalue weighted by molar-refractivity contribution is 5.69. The number of benzene rings is 2. The van der Waals surface area contributed by atoms with E-state index < -0.39 is 6.29 Å². The zero-order valence-corrected chi connectivity index (χ0v) is 13.3. The summed E-state index contributed by atoms with van der Waals surface area (Å²) >= 11 is 0. The van der Waals surface area contributed by atoms with Gasteiger partial charge in [-0.25, -0.2) is 0 Å². The molecule has 0 fully saturated rings. The van der Waals surface area contributed by atoms with Gasteiger partial charge in [0.2, 0.25) is 0 Å². The van der Waals surface area contributed by atoms with Crippen LogP contribution in [-0.2, 0) is 11.3 Å². The minimum atomic E-state index is -1.27. The Morgan fingerprint density at radius 3 is 2.58 bits per heavy atom. The van der Waals surface area contributed by atoms with Crippen LogP contribution in [0, 0.1) is 0 Å². The molecule has 7 heteroatoms. The molecule has 24 heavy (non-hydrogen) atoms. The molecule has 0 saturated carbocycles. The van der Waals surface area contributed by atoms with Gasteiger partial charge in [0.15, 0.2) is 6.29 Å². The van der Waals surface area contributed by atoms with Crippen LogP contribution in [-0.4, -0.2) is 18.4 Å². The summed E-state index contributed by atoms with van der Waals surface area (Å²) in [5.74, 6) is 0. The molecular weight excluding hydrogens is 311 g/mol. The number of hydrogen-bond acceptors (Lipinski definition) is 6. The molecule has 0 saturated heterocycles. The number of nitrogens with one attached hydrogen (secondary N) is 1. The SMILES string of the molecule is CNc1ccccc1N(F)/C=C\C(O)OCc1cc(N)cc(N)c1. The first-order valence-corrected chi connectivity index (χ1v) is 7.34. The minimum Gasteiger partial charge on any atom is -0.399 e. The van der Waals surface area contributed by atoms with Crippen molar-refractivity contribution in [3.8, 4) is 0 Å². The second-order valence-electron chi connectivity index (χ2n) is 5.13. The van der Waals surface area contributed by atoms with Crippen LogP contribution < -0.4 is 21.9 Å². The maximum Gasteiger partial charge on any atom is 0.176 e. The number of hydrogen-bond donors (Lipinski definition) is 4. The average molecular weight is 332 g/mol. The van der Waals surface area contributed by atoms with Crippen molar-refractivity contribution in [3.05, 3.63) is 60.3 Å². The first kappa shape index (κ1) is 17.6. The van der Waals surface area contributed by atoms with Gasteiger partial charge < -0.3 is 26.6 Å². The lowest BCUT2D eigenvalue weighted by atomic mass is 10.2. The molecule has 2 aromatic carbocycles. The van der Waals surface area contributed by atoms with Crippen molar-refractivity contribution >= 4 is 22.7 Å². The highest BCUT2D eigenvalue weighted by Crippen LogP contribution is 2.25. The van der Waals surface area contributed by atoms with E-state index in [0.29, 0.717) is 27.9 Å². The number of para-hydroxylation sites is 2. The summed E-state index contributed by atoms with van der Waals surface area (Å²) in [6.45, 7) is 0.0974. The van der Waals surface area contributed by atoms with Gasteiger partial charge in [0.1, 0.15) is 0 Å². The molecule has 2 aromatic rings. The van der Waals surface area contributed by atoms with Crippen LogP contribution in [0.1, 0.15) is 5.56 Å². The molecule has 0 radical (unpaired) electrons. The number of nitrogens with zero attached hydrogens (tertiary/aromatic N) is 1. The number of nitrogens with two attached hydrogens (primary N) is 2. The summed E-state index contributed by atoms with van der Waals surface area (Å²) in [5, 5.41) is 13.1. The predicted molar refractivity (Wildman–Crippen MR) is 94.8 cm³/mol. The lowest BCUT2D eigenvalue weighted by Gasteiger charge is -2.14. The number of rotatable bonds is 7. The third-order valence-corrected chi connectivity index (χ3v) is 3.24. The number of aliphatic hydroxyl groups is 1. The van der Waals surface area contributed by atoms with E-state index in [4.69, 9.17) is 16.2 Å². The molecule has 6 nitrogen and oxygen atoms in total. The van der Waals surface area contributed by atoms with E-state index in [9.17, 15) is 9.59 Å². The molecular formula is C17H21FN4O2. The Morgan fingerprint density at radius 1 is 1.25 bits per heavy atom. The monoisotopic (exact) mass is 332 g/mol. The molecule has 0 aliphatic rings. The van der Waals surface area contributed by atoms with Gasteiger partial charge in [-0.3, -0.25) is 0 Å². The molecule has 128 valence electrons. The molecule has 0 bridgehead atoms. The first-order valence-electron chi connectivity index (χ1n) is 7.34. The highest BCUT2D eigenvalue weighted by atomic mass is 19.2. The third kappa shape index (κ3) is 4.87. The molecule has 0 spiro atoms. The fraction of sp³-hybridized carbons (Fsp3) is 0.176. The number of halogens is 1. The second-order valence-corrected chi connectivity index (χ2v) is 5.13. The maximum absolute atomic E-state index is 14.1. The molecule has 0 amide bonds. The van der Waals surface area contributed by atoms with E-state index >= 15 is 0 Å². The smallest absolute Gasteiger partial charge is 0.176 e. The molecule has 1 unspecified atom stereocenters. The zero-order chi connectivity index (χ0) is 17.5. The van der Waals surface area contributed by atoms with Crippen molar-refractivity contribution in [2.75, 3.05) is 29.0 Å². The van der Waals surface area contributed by atoms with Gasteiger partial charge in [-0.15, -0.1) is 0 Å². The van der Waals surface area contributed by atoms with Crippen LogP contribution in [0.15, 0.2) is 54.7 Å². The van der Waals surface area contributed by atoms with E-state index in [2.05, 4.69) is 5.32 Å². The van der Waals surface area contributed by atoms with E-state index in [1.807, 2.05) is 0 Å². The van der Waals surface area contributed by atoms with Crippen molar-refractivity contribution in [1.82, 2.24) is 0 Å². The Morgan fingerprint density at radius 2 is 1.92 bits per heavy atom. The Labute approximate surface area is 140 Å². The van der Waals surface area contributed by atoms with Crippen molar-refractivity contribution in [2.45, 2.75) is 12.9 Å². The summed E-state index contributed by atoms with van der Waals surface area (Å²) in [6, 6.07) is 11.9. The van der Waals surface area contributed by atoms with Crippen molar-refractivity contribution in [1.29, 1.82) is 0 Å². The number of aliphatic hydroxyl groups excluding tert-OH is 1. The minimum absolute atomic E-state index is 0.0974. The Balaban J connectivity index is 1.93. The molecule has 0 aliphatic carbocycles. The standard InChI is InChI=1S/C17H21FN4O2/c1-21-15-4-2-3-5-16(15)22(18)7-6-17(23)24-11-12-8-13(19)10-14(20)9-12/h2-10,17,21,23H,11,19-20H2,1H3/b7-6-. The van der Waals surface area contributed by atoms with Crippen LogP contribution in [0.25, 0.3) is 0 Å². The maximum atomic E-state index is 14.1. The molecule has 2 rings (SSSR count). The van der Waals surface area contributed by atoms with Gasteiger partial charge >= 0.3 is 0 Å². The van der Waals surface area contributed by atoms with Gasteiger partial charge in [-0.05, 0) is 42.0 Å². The van der Waals surface area contributed by atoms with E-state index in [-0.39, 0.29) is 6.61 Å². The first-order chi connectivity index (χ1) is 11.5. The van der Waals surface area contributed by atoms with Crippen molar-refractivity contribution < 1.29 is 14.3 Å². The lowest BCUT2D eigenvalue weighted by Crippen LogP contribution is -2.11. The zero-order valence-electron chi connectivity index (χ0n) is 13.3. The van der Waals surface area contributed by atoms with Gasteiger partial charge in [-0.2, -0.15) is 5.12 Å². The normalized spacial score (nSPS) is 12.3.